The highest BCUT2D eigenvalue weighted by Gasteiger charge is 2.31. The average Bonchev–Trinajstić information content (AvgIpc) is 3.35. The third kappa shape index (κ3) is 4.21. The molecule has 8 heteroatoms. The summed E-state index contributed by atoms with van der Waals surface area (Å²) in [5.41, 5.74) is 1.19. The lowest BCUT2D eigenvalue weighted by Gasteiger charge is -2.41. The van der Waals surface area contributed by atoms with Crippen molar-refractivity contribution in [3.8, 4) is 0 Å². The van der Waals surface area contributed by atoms with Crippen LogP contribution in [0.4, 0.5) is 5.69 Å². The summed E-state index contributed by atoms with van der Waals surface area (Å²) in [4.78, 5) is 6.18. The second-order valence-electron chi connectivity index (χ2n) is 7.47. The predicted octanol–water partition coefficient (Wildman–Crippen LogP) is 3.96. The monoisotopic (exact) mass is 416 g/mol. The fraction of sp³-hybridized carbons (Fsp3) is 0.450. The molecule has 0 aliphatic carbocycles. The van der Waals surface area contributed by atoms with Crippen LogP contribution >= 0.6 is 22.9 Å². The van der Waals surface area contributed by atoms with Crippen LogP contribution in [0.2, 0.25) is 5.02 Å². The lowest BCUT2D eigenvalue weighted by Crippen LogP contribution is -2.49. The standard InChI is InChI=1S/C20H25ClN6S/c1-15(2)19(20-22-23-24-27(20)14-18-7-4-12-28-18)26-10-8-25(9-11-26)17-6-3-5-16(21)13-17/h3-7,12-13,15,19H,8-11,14H2,1-2H3/t19-/m0/s1. The Balaban J connectivity index is 1.49. The first-order chi connectivity index (χ1) is 13.6. The van der Waals surface area contributed by atoms with Gasteiger partial charge in [0, 0.05) is 41.8 Å². The number of halogens is 1. The molecule has 0 unspecified atom stereocenters. The maximum absolute atomic E-state index is 6.17. The van der Waals surface area contributed by atoms with Crippen molar-refractivity contribution >= 4 is 28.6 Å². The van der Waals surface area contributed by atoms with E-state index >= 15 is 0 Å². The minimum absolute atomic E-state index is 0.205. The lowest BCUT2D eigenvalue weighted by molar-refractivity contribution is 0.135. The molecule has 0 bridgehead atoms. The highest BCUT2D eigenvalue weighted by Crippen LogP contribution is 2.30. The first kappa shape index (κ1) is 19.4. The quantitative estimate of drug-likeness (QED) is 0.608. The molecule has 0 N–H and O–H groups in total. The van der Waals surface area contributed by atoms with Crippen molar-refractivity contribution in [2.24, 2.45) is 5.92 Å². The van der Waals surface area contributed by atoms with Crippen LogP contribution in [0.3, 0.4) is 0 Å². The SMILES string of the molecule is CC(C)[C@@H](c1nnnn1Cc1cccs1)N1CCN(c2cccc(Cl)c2)CC1. The van der Waals surface area contributed by atoms with Crippen LogP contribution in [-0.4, -0.2) is 51.3 Å². The van der Waals surface area contributed by atoms with Crippen LogP contribution in [0.25, 0.3) is 0 Å². The van der Waals surface area contributed by atoms with Crippen LogP contribution in [-0.2, 0) is 6.54 Å². The van der Waals surface area contributed by atoms with E-state index in [4.69, 9.17) is 11.6 Å². The number of hydrogen-bond donors (Lipinski definition) is 0. The zero-order valence-corrected chi connectivity index (χ0v) is 17.8. The zero-order valence-electron chi connectivity index (χ0n) is 16.2. The van der Waals surface area contributed by atoms with Gasteiger partial charge in [-0.25, -0.2) is 4.68 Å². The van der Waals surface area contributed by atoms with Gasteiger partial charge in [0.1, 0.15) is 0 Å². The molecule has 0 radical (unpaired) electrons. The van der Waals surface area contributed by atoms with Crippen LogP contribution < -0.4 is 4.90 Å². The molecule has 1 aliphatic rings. The van der Waals surface area contributed by atoms with Crippen molar-refractivity contribution < 1.29 is 0 Å². The molecule has 3 aromatic rings. The average molecular weight is 417 g/mol. The van der Waals surface area contributed by atoms with Gasteiger partial charge in [0.2, 0.25) is 0 Å². The largest absolute Gasteiger partial charge is 0.369 e. The molecule has 1 fully saturated rings. The first-order valence-corrected chi connectivity index (χ1v) is 10.9. The van der Waals surface area contributed by atoms with E-state index < -0.39 is 0 Å². The van der Waals surface area contributed by atoms with Gasteiger partial charge in [-0.05, 0) is 46.0 Å². The maximum Gasteiger partial charge on any atom is 0.169 e. The molecule has 0 amide bonds. The third-order valence-corrected chi connectivity index (χ3v) is 6.32. The number of benzene rings is 1. The van der Waals surface area contributed by atoms with Crippen molar-refractivity contribution in [2.45, 2.75) is 26.4 Å². The summed E-state index contributed by atoms with van der Waals surface area (Å²) >= 11 is 7.90. The molecule has 3 heterocycles. The first-order valence-electron chi connectivity index (χ1n) is 9.65. The third-order valence-electron chi connectivity index (χ3n) is 5.22. The van der Waals surface area contributed by atoms with Gasteiger partial charge < -0.3 is 4.90 Å². The maximum atomic E-state index is 6.17. The van der Waals surface area contributed by atoms with E-state index in [1.54, 1.807) is 11.3 Å². The molecule has 1 atom stereocenters. The number of rotatable bonds is 6. The molecular weight excluding hydrogens is 392 g/mol. The molecule has 1 aromatic carbocycles. The fourth-order valence-corrected chi connectivity index (χ4v) is 4.77. The summed E-state index contributed by atoms with van der Waals surface area (Å²) < 4.78 is 1.96. The van der Waals surface area contributed by atoms with Gasteiger partial charge in [-0.15, -0.1) is 16.4 Å². The minimum Gasteiger partial charge on any atom is -0.369 e. The smallest absolute Gasteiger partial charge is 0.169 e. The van der Waals surface area contributed by atoms with Crippen molar-refractivity contribution in [3.63, 3.8) is 0 Å². The number of hydrogen-bond acceptors (Lipinski definition) is 6. The molecule has 1 aliphatic heterocycles. The van der Waals surface area contributed by atoms with Crippen LogP contribution in [0.5, 0.6) is 0 Å². The Labute approximate surface area is 174 Å². The Morgan fingerprint density at radius 2 is 1.93 bits per heavy atom. The molecule has 1 saturated heterocycles. The summed E-state index contributed by atoms with van der Waals surface area (Å²) in [6.07, 6.45) is 0. The molecule has 2 aromatic heterocycles. The van der Waals surface area contributed by atoms with Gasteiger partial charge in [0.15, 0.2) is 5.82 Å². The summed E-state index contributed by atoms with van der Waals surface area (Å²) in [5.74, 6) is 1.38. The Hall–Kier alpha value is -1.96. The Morgan fingerprint density at radius 1 is 1.11 bits per heavy atom. The number of aromatic nitrogens is 4. The Kier molecular flexibility index (Phi) is 5.94. The second kappa shape index (κ2) is 8.59. The molecule has 0 spiro atoms. The minimum atomic E-state index is 0.205. The summed E-state index contributed by atoms with van der Waals surface area (Å²) in [6, 6.07) is 12.5. The van der Waals surface area contributed by atoms with E-state index in [1.807, 2.05) is 22.9 Å². The van der Waals surface area contributed by atoms with Crippen LogP contribution in [0.1, 0.15) is 30.6 Å². The van der Waals surface area contributed by atoms with Gasteiger partial charge in [-0.1, -0.05) is 37.6 Å². The van der Waals surface area contributed by atoms with E-state index in [-0.39, 0.29) is 6.04 Å². The molecule has 148 valence electrons. The number of tetrazole rings is 1. The van der Waals surface area contributed by atoms with Gasteiger partial charge >= 0.3 is 0 Å². The number of nitrogens with zero attached hydrogens (tertiary/aromatic N) is 6. The summed E-state index contributed by atoms with van der Waals surface area (Å²) in [5, 5.41) is 15.6. The van der Waals surface area contributed by atoms with Gasteiger partial charge in [0.25, 0.3) is 0 Å². The van der Waals surface area contributed by atoms with E-state index in [0.29, 0.717) is 5.92 Å². The van der Waals surface area contributed by atoms with Crippen molar-refractivity contribution in [3.05, 3.63) is 57.5 Å². The highest BCUT2D eigenvalue weighted by molar-refractivity contribution is 7.09. The summed E-state index contributed by atoms with van der Waals surface area (Å²) in [7, 11) is 0. The predicted molar refractivity (Wildman–Crippen MR) is 114 cm³/mol. The second-order valence-corrected chi connectivity index (χ2v) is 8.93. The number of anilines is 1. The normalized spacial score (nSPS) is 16.6. The number of piperazine rings is 1. The number of thiophene rings is 1. The molecular formula is C20H25ClN6S. The highest BCUT2D eigenvalue weighted by atomic mass is 35.5. The van der Waals surface area contributed by atoms with Crippen LogP contribution in [0, 0.1) is 5.92 Å². The molecule has 0 saturated carbocycles. The summed E-state index contributed by atoms with van der Waals surface area (Å²) in [6.45, 7) is 9.11. The lowest BCUT2D eigenvalue weighted by atomic mass is 10.0. The van der Waals surface area contributed by atoms with Crippen LogP contribution in [0.15, 0.2) is 41.8 Å². The van der Waals surface area contributed by atoms with Crippen molar-refractivity contribution in [2.75, 3.05) is 31.1 Å². The zero-order chi connectivity index (χ0) is 19.5. The van der Waals surface area contributed by atoms with E-state index in [0.717, 1.165) is 43.6 Å². The van der Waals surface area contributed by atoms with E-state index in [2.05, 4.69) is 62.8 Å². The van der Waals surface area contributed by atoms with E-state index in [1.165, 1.54) is 10.6 Å². The fourth-order valence-electron chi connectivity index (χ4n) is 3.90. The van der Waals surface area contributed by atoms with E-state index in [9.17, 15) is 0 Å². The molecule has 6 nitrogen and oxygen atoms in total. The van der Waals surface area contributed by atoms with Gasteiger partial charge in [-0.3, -0.25) is 4.90 Å². The van der Waals surface area contributed by atoms with Crippen molar-refractivity contribution in [1.29, 1.82) is 0 Å². The van der Waals surface area contributed by atoms with Crippen molar-refractivity contribution in [1.82, 2.24) is 25.1 Å². The Morgan fingerprint density at radius 3 is 2.61 bits per heavy atom. The molecule has 28 heavy (non-hydrogen) atoms. The van der Waals surface area contributed by atoms with Gasteiger partial charge in [0.05, 0.1) is 12.6 Å². The topological polar surface area (TPSA) is 50.1 Å². The Bertz CT molecular complexity index is 886. The molecule has 4 rings (SSSR count). The van der Waals surface area contributed by atoms with Gasteiger partial charge in [-0.2, -0.15) is 0 Å².